The number of thioether (sulfide) groups is 1. The summed E-state index contributed by atoms with van der Waals surface area (Å²) < 4.78 is 26.2. The van der Waals surface area contributed by atoms with Crippen molar-refractivity contribution in [3.05, 3.63) is 63.4 Å². The minimum atomic E-state index is -0.346. The van der Waals surface area contributed by atoms with Crippen LogP contribution in [0.3, 0.4) is 0 Å². The van der Waals surface area contributed by atoms with Gasteiger partial charge in [-0.05, 0) is 42.0 Å². The molecule has 1 aromatic heterocycles. The van der Waals surface area contributed by atoms with E-state index in [0.29, 0.717) is 32.8 Å². The molecule has 3 aromatic rings. The normalized spacial score (nSPS) is 10.8. The molecule has 0 saturated carbocycles. The Balaban J connectivity index is 1.82. The van der Waals surface area contributed by atoms with Gasteiger partial charge in [-0.1, -0.05) is 17.7 Å². The predicted octanol–water partition coefficient (Wildman–Crippen LogP) is 5.17. The van der Waals surface area contributed by atoms with E-state index < -0.39 is 0 Å². The molecule has 0 aliphatic rings. The zero-order valence-corrected chi connectivity index (χ0v) is 17.1. The molecule has 9 heteroatoms. The molecule has 0 spiro atoms. The second kappa shape index (κ2) is 8.77. The first-order valence-corrected chi connectivity index (χ1v) is 9.88. The van der Waals surface area contributed by atoms with Crippen LogP contribution in [0.15, 0.2) is 36.4 Å². The molecule has 27 heavy (non-hydrogen) atoms. The van der Waals surface area contributed by atoms with Gasteiger partial charge in [0.1, 0.15) is 23.1 Å². The topological polar surface area (TPSA) is 52.1 Å². The van der Waals surface area contributed by atoms with Crippen LogP contribution in [0.5, 0.6) is 11.5 Å². The van der Waals surface area contributed by atoms with Crippen LogP contribution in [0.1, 0.15) is 11.4 Å². The van der Waals surface area contributed by atoms with E-state index in [1.165, 1.54) is 12.1 Å². The highest BCUT2D eigenvalue weighted by Crippen LogP contribution is 2.30. The van der Waals surface area contributed by atoms with E-state index in [1.807, 2.05) is 16.7 Å². The summed E-state index contributed by atoms with van der Waals surface area (Å²) in [5, 5.41) is 7.56. The highest BCUT2D eigenvalue weighted by molar-refractivity contribution is 7.97. The van der Waals surface area contributed by atoms with Crippen LogP contribution in [0, 0.1) is 10.6 Å². The summed E-state index contributed by atoms with van der Waals surface area (Å²) in [6.07, 6.45) is 0. The molecule has 5 nitrogen and oxygen atoms in total. The number of benzene rings is 2. The Morgan fingerprint density at radius 1 is 1.19 bits per heavy atom. The fourth-order valence-corrected chi connectivity index (χ4v) is 4.05. The maximum absolute atomic E-state index is 13.2. The molecule has 142 valence electrons. The average Bonchev–Trinajstić information content (AvgIpc) is 3.03. The molecule has 0 bridgehead atoms. The first-order valence-electron chi connectivity index (χ1n) is 7.94. The third kappa shape index (κ3) is 4.45. The van der Waals surface area contributed by atoms with E-state index >= 15 is 0 Å². The van der Waals surface area contributed by atoms with Gasteiger partial charge in [0.05, 0.1) is 25.7 Å². The van der Waals surface area contributed by atoms with Crippen molar-refractivity contribution >= 4 is 35.6 Å². The molecule has 2 aromatic carbocycles. The Morgan fingerprint density at radius 2 is 2.00 bits per heavy atom. The van der Waals surface area contributed by atoms with Gasteiger partial charge >= 0.3 is 0 Å². The number of methoxy groups -OCH3 is 2. The third-order valence-corrected chi connectivity index (χ3v) is 5.48. The number of aromatic nitrogens is 3. The van der Waals surface area contributed by atoms with Crippen LogP contribution in [0.2, 0.25) is 5.02 Å². The van der Waals surface area contributed by atoms with E-state index in [9.17, 15) is 4.39 Å². The highest BCUT2D eigenvalue weighted by atomic mass is 35.5. The Kier molecular flexibility index (Phi) is 6.41. The predicted molar refractivity (Wildman–Crippen MR) is 108 cm³/mol. The summed E-state index contributed by atoms with van der Waals surface area (Å²) in [7, 11) is 3.19. The summed E-state index contributed by atoms with van der Waals surface area (Å²) in [6, 6.07) is 9.90. The largest absolute Gasteiger partial charge is 0.497 e. The van der Waals surface area contributed by atoms with Gasteiger partial charge in [0.15, 0.2) is 4.77 Å². The number of aromatic amines is 1. The number of halogens is 2. The van der Waals surface area contributed by atoms with Gasteiger partial charge < -0.3 is 9.47 Å². The maximum Gasteiger partial charge on any atom is 0.200 e. The zero-order valence-electron chi connectivity index (χ0n) is 14.7. The zero-order chi connectivity index (χ0) is 19.4. The molecule has 0 aliphatic carbocycles. The van der Waals surface area contributed by atoms with Gasteiger partial charge in [-0.15, -0.1) is 11.8 Å². The Labute approximate surface area is 170 Å². The van der Waals surface area contributed by atoms with Crippen molar-refractivity contribution in [3.63, 3.8) is 0 Å². The van der Waals surface area contributed by atoms with E-state index in [0.717, 1.165) is 17.1 Å². The summed E-state index contributed by atoms with van der Waals surface area (Å²) >= 11 is 13.1. The van der Waals surface area contributed by atoms with Gasteiger partial charge in [-0.3, -0.25) is 9.67 Å². The minimum Gasteiger partial charge on any atom is -0.497 e. The Hall–Kier alpha value is -2.03. The summed E-state index contributed by atoms with van der Waals surface area (Å²) in [5.74, 6) is 2.91. The van der Waals surface area contributed by atoms with Crippen molar-refractivity contribution < 1.29 is 13.9 Å². The number of ether oxygens (including phenoxy) is 2. The second-order valence-corrected chi connectivity index (χ2v) is 7.33. The summed E-state index contributed by atoms with van der Waals surface area (Å²) in [6.45, 7) is 0. The number of hydrogen-bond acceptors (Lipinski definition) is 5. The molecule has 0 radical (unpaired) electrons. The van der Waals surface area contributed by atoms with E-state index in [-0.39, 0.29) is 5.82 Å². The van der Waals surface area contributed by atoms with Crippen LogP contribution in [-0.4, -0.2) is 29.0 Å². The molecular formula is C18H17ClFN3O2S2. The van der Waals surface area contributed by atoms with Crippen LogP contribution in [-0.2, 0) is 11.5 Å². The molecule has 0 aliphatic heterocycles. The first-order chi connectivity index (χ1) is 13.0. The Bertz CT molecular complexity index is 1010. The molecule has 0 saturated heterocycles. The number of nitrogens with zero attached hydrogens (tertiary/aromatic N) is 2. The Morgan fingerprint density at radius 3 is 2.70 bits per heavy atom. The lowest BCUT2D eigenvalue weighted by Gasteiger charge is -2.13. The number of H-pyrrole nitrogens is 1. The smallest absolute Gasteiger partial charge is 0.200 e. The van der Waals surface area contributed by atoms with Crippen molar-refractivity contribution in [2.24, 2.45) is 0 Å². The van der Waals surface area contributed by atoms with Crippen LogP contribution in [0.4, 0.5) is 4.39 Å². The van der Waals surface area contributed by atoms with Gasteiger partial charge in [-0.25, -0.2) is 4.39 Å². The lowest BCUT2D eigenvalue weighted by molar-refractivity contribution is 0.393. The van der Waals surface area contributed by atoms with Crippen molar-refractivity contribution in [1.82, 2.24) is 14.8 Å². The summed E-state index contributed by atoms with van der Waals surface area (Å²) in [5.41, 5.74) is 1.64. The van der Waals surface area contributed by atoms with E-state index in [1.54, 1.807) is 38.1 Å². The van der Waals surface area contributed by atoms with Crippen molar-refractivity contribution in [2.45, 2.75) is 11.5 Å². The lowest BCUT2D eigenvalue weighted by atomic mass is 10.2. The maximum atomic E-state index is 13.2. The van der Waals surface area contributed by atoms with Gasteiger partial charge in [0.2, 0.25) is 0 Å². The van der Waals surface area contributed by atoms with Crippen LogP contribution < -0.4 is 9.47 Å². The van der Waals surface area contributed by atoms with Crippen molar-refractivity contribution in [1.29, 1.82) is 0 Å². The fraction of sp³-hybridized carbons (Fsp3) is 0.222. The van der Waals surface area contributed by atoms with Gasteiger partial charge in [0.25, 0.3) is 0 Å². The molecule has 1 N–H and O–H groups in total. The first kappa shape index (κ1) is 19.7. The molecule has 3 rings (SSSR count). The van der Waals surface area contributed by atoms with Gasteiger partial charge in [0, 0.05) is 16.8 Å². The fourth-order valence-electron chi connectivity index (χ4n) is 2.54. The molecule has 0 unspecified atom stereocenters. The number of hydrogen-bond donors (Lipinski definition) is 1. The van der Waals surface area contributed by atoms with Crippen molar-refractivity contribution in [2.75, 3.05) is 14.2 Å². The van der Waals surface area contributed by atoms with E-state index in [4.69, 9.17) is 33.3 Å². The van der Waals surface area contributed by atoms with Crippen LogP contribution >= 0.6 is 35.6 Å². The number of nitrogens with one attached hydrogen (secondary N) is 1. The van der Waals surface area contributed by atoms with E-state index in [2.05, 4.69) is 10.2 Å². The van der Waals surface area contributed by atoms with Gasteiger partial charge in [-0.2, -0.15) is 5.10 Å². The minimum absolute atomic E-state index is 0.346. The summed E-state index contributed by atoms with van der Waals surface area (Å²) in [4.78, 5) is 0. The van der Waals surface area contributed by atoms with Crippen LogP contribution in [0.25, 0.3) is 5.69 Å². The molecule has 0 atom stereocenters. The van der Waals surface area contributed by atoms with Crippen molar-refractivity contribution in [3.8, 4) is 17.2 Å². The molecule has 0 amide bonds. The standard InChI is InChI=1S/C18H17ClFN3O2S2/c1-24-13-5-6-15(16(8-13)25-2)23-17(21-22-18(23)26)10-27-9-11-3-4-12(20)7-14(11)19/h3-8H,9-10H2,1-2H3,(H,22,26). The second-order valence-electron chi connectivity index (χ2n) is 5.55. The monoisotopic (exact) mass is 425 g/mol. The third-order valence-electron chi connectivity index (χ3n) is 3.87. The SMILES string of the molecule is COc1ccc(-n2c(CSCc3ccc(F)cc3Cl)n[nH]c2=S)c(OC)c1. The number of rotatable bonds is 7. The quantitative estimate of drug-likeness (QED) is 0.529. The average molecular weight is 426 g/mol. The molecule has 0 fully saturated rings. The highest BCUT2D eigenvalue weighted by Gasteiger charge is 2.14. The molecular weight excluding hydrogens is 409 g/mol. The lowest BCUT2D eigenvalue weighted by Crippen LogP contribution is -2.03. The molecule has 1 heterocycles.